The highest BCUT2D eigenvalue weighted by Gasteiger charge is 2.20. The van der Waals surface area contributed by atoms with E-state index in [4.69, 9.17) is 4.42 Å². The Balaban J connectivity index is 1.64. The molecular formula is C11H20N4O. The molecule has 1 heterocycles. The summed E-state index contributed by atoms with van der Waals surface area (Å²) in [5, 5.41) is 14.3. The van der Waals surface area contributed by atoms with Crippen molar-refractivity contribution in [3.63, 3.8) is 0 Å². The zero-order chi connectivity index (χ0) is 11.2. The van der Waals surface area contributed by atoms with E-state index in [0.29, 0.717) is 18.5 Å². The molecule has 0 spiro atoms. The molecule has 2 rings (SSSR count). The lowest BCUT2D eigenvalue weighted by atomic mass is 10.3. The molecule has 1 fully saturated rings. The Morgan fingerprint density at radius 2 is 2.19 bits per heavy atom. The fraction of sp³-hybridized carbons (Fsp3) is 0.818. The number of hydrogen-bond donors (Lipinski definition) is 2. The van der Waals surface area contributed by atoms with Gasteiger partial charge in [0.2, 0.25) is 5.89 Å². The fourth-order valence-electron chi connectivity index (χ4n) is 1.56. The van der Waals surface area contributed by atoms with Crippen LogP contribution >= 0.6 is 0 Å². The van der Waals surface area contributed by atoms with E-state index in [1.807, 2.05) is 0 Å². The minimum Gasteiger partial charge on any atom is -0.407 e. The van der Waals surface area contributed by atoms with Gasteiger partial charge in [0, 0.05) is 6.54 Å². The smallest absolute Gasteiger partial charge is 0.315 e. The van der Waals surface area contributed by atoms with E-state index >= 15 is 0 Å². The quantitative estimate of drug-likeness (QED) is 0.659. The van der Waals surface area contributed by atoms with Gasteiger partial charge in [0.25, 0.3) is 0 Å². The highest BCUT2D eigenvalue weighted by molar-refractivity contribution is 5.16. The molecule has 0 unspecified atom stereocenters. The zero-order valence-corrected chi connectivity index (χ0v) is 9.83. The largest absolute Gasteiger partial charge is 0.407 e. The van der Waals surface area contributed by atoms with Crippen LogP contribution in [-0.2, 0) is 6.54 Å². The van der Waals surface area contributed by atoms with Gasteiger partial charge in [0.1, 0.15) is 0 Å². The molecule has 0 atom stereocenters. The third kappa shape index (κ3) is 3.81. The van der Waals surface area contributed by atoms with E-state index in [0.717, 1.165) is 25.4 Å². The summed E-state index contributed by atoms with van der Waals surface area (Å²) in [5.41, 5.74) is 0. The number of hydrogen-bond acceptors (Lipinski definition) is 5. The number of aromatic nitrogens is 2. The third-order valence-corrected chi connectivity index (χ3v) is 2.70. The van der Waals surface area contributed by atoms with Crippen molar-refractivity contribution in [2.24, 2.45) is 5.92 Å². The van der Waals surface area contributed by atoms with Gasteiger partial charge in [-0.1, -0.05) is 24.9 Å². The van der Waals surface area contributed by atoms with Crippen LogP contribution in [0.1, 0.15) is 38.5 Å². The van der Waals surface area contributed by atoms with Crippen molar-refractivity contribution in [2.75, 3.05) is 18.4 Å². The minimum atomic E-state index is 0.550. The maximum Gasteiger partial charge on any atom is 0.315 e. The number of anilines is 1. The molecule has 1 aliphatic rings. The maximum atomic E-state index is 5.44. The number of nitrogens with one attached hydrogen (secondary N) is 2. The summed E-state index contributed by atoms with van der Waals surface area (Å²) in [7, 11) is 0. The van der Waals surface area contributed by atoms with Crippen LogP contribution < -0.4 is 10.6 Å². The van der Waals surface area contributed by atoms with E-state index in [2.05, 4.69) is 27.8 Å². The summed E-state index contributed by atoms with van der Waals surface area (Å²) in [6.45, 7) is 4.71. The van der Waals surface area contributed by atoms with E-state index in [1.54, 1.807) is 0 Å². The summed E-state index contributed by atoms with van der Waals surface area (Å²) in [6, 6.07) is 0.550. The average molecular weight is 224 g/mol. The molecule has 1 aromatic heterocycles. The second-order valence-corrected chi connectivity index (χ2v) is 4.34. The highest BCUT2D eigenvalue weighted by Crippen LogP contribution is 2.31. The van der Waals surface area contributed by atoms with Crippen LogP contribution in [0.2, 0.25) is 0 Å². The van der Waals surface area contributed by atoms with Crippen LogP contribution in [0.3, 0.4) is 0 Å². The van der Waals surface area contributed by atoms with Gasteiger partial charge in [-0.15, -0.1) is 5.10 Å². The summed E-state index contributed by atoms with van der Waals surface area (Å²) >= 11 is 0. The molecule has 0 radical (unpaired) electrons. The molecular weight excluding hydrogens is 204 g/mol. The van der Waals surface area contributed by atoms with Gasteiger partial charge in [0.15, 0.2) is 0 Å². The van der Waals surface area contributed by atoms with Crippen LogP contribution in [0.5, 0.6) is 0 Å². The lowest BCUT2D eigenvalue weighted by Gasteiger charge is -1.99. The Morgan fingerprint density at radius 3 is 2.94 bits per heavy atom. The van der Waals surface area contributed by atoms with E-state index in [9.17, 15) is 0 Å². The van der Waals surface area contributed by atoms with Crippen molar-refractivity contribution in [1.29, 1.82) is 0 Å². The second-order valence-electron chi connectivity index (χ2n) is 4.34. The maximum absolute atomic E-state index is 5.44. The predicted molar refractivity (Wildman–Crippen MR) is 62.1 cm³/mol. The summed E-state index contributed by atoms with van der Waals surface area (Å²) in [6.07, 6.45) is 5.10. The molecule has 0 amide bonds. The van der Waals surface area contributed by atoms with Crippen LogP contribution in [-0.4, -0.2) is 23.3 Å². The molecule has 1 aromatic rings. The van der Waals surface area contributed by atoms with Gasteiger partial charge >= 0.3 is 6.01 Å². The van der Waals surface area contributed by atoms with Crippen LogP contribution in [0, 0.1) is 5.92 Å². The SMILES string of the molecule is CCCNCc1nnc(NCCC2CC2)o1. The predicted octanol–water partition coefficient (Wildman–Crippen LogP) is 1.78. The lowest BCUT2D eigenvalue weighted by Crippen LogP contribution is -2.13. The zero-order valence-electron chi connectivity index (χ0n) is 9.83. The molecule has 2 N–H and O–H groups in total. The minimum absolute atomic E-state index is 0.550. The van der Waals surface area contributed by atoms with Gasteiger partial charge in [-0.05, 0) is 25.3 Å². The molecule has 1 aliphatic carbocycles. The Labute approximate surface area is 96.0 Å². The van der Waals surface area contributed by atoms with Crippen LogP contribution in [0.25, 0.3) is 0 Å². The first-order valence-corrected chi connectivity index (χ1v) is 6.15. The summed E-state index contributed by atoms with van der Waals surface area (Å²) in [5.74, 6) is 1.59. The van der Waals surface area contributed by atoms with Gasteiger partial charge in [-0.2, -0.15) is 0 Å². The molecule has 5 nitrogen and oxygen atoms in total. The monoisotopic (exact) mass is 224 g/mol. The Hall–Kier alpha value is -1.10. The topological polar surface area (TPSA) is 63.0 Å². The molecule has 16 heavy (non-hydrogen) atoms. The van der Waals surface area contributed by atoms with E-state index < -0.39 is 0 Å². The molecule has 1 saturated carbocycles. The Morgan fingerprint density at radius 1 is 1.31 bits per heavy atom. The first-order valence-electron chi connectivity index (χ1n) is 6.15. The summed E-state index contributed by atoms with van der Waals surface area (Å²) in [4.78, 5) is 0. The van der Waals surface area contributed by atoms with Gasteiger partial charge in [-0.3, -0.25) is 0 Å². The average Bonchev–Trinajstić information content (AvgIpc) is 2.99. The molecule has 0 saturated heterocycles. The standard InChI is InChI=1S/C11H20N4O/c1-2-6-12-8-10-14-15-11(16-10)13-7-5-9-3-4-9/h9,12H,2-8H2,1H3,(H,13,15). The molecule has 0 bridgehead atoms. The summed E-state index contributed by atoms with van der Waals surface area (Å²) < 4.78 is 5.44. The molecule has 0 aromatic carbocycles. The van der Waals surface area contributed by atoms with Crippen molar-refractivity contribution in [3.05, 3.63) is 5.89 Å². The molecule has 90 valence electrons. The normalized spacial score (nSPS) is 15.3. The van der Waals surface area contributed by atoms with Crippen molar-refractivity contribution < 1.29 is 4.42 Å². The Bertz CT molecular complexity index is 309. The lowest BCUT2D eigenvalue weighted by molar-refractivity contribution is 0.476. The number of rotatable bonds is 8. The van der Waals surface area contributed by atoms with Crippen molar-refractivity contribution in [2.45, 2.75) is 39.2 Å². The Kier molecular flexibility index (Phi) is 4.16. The highest BCUT2D eigenvalue weighted by atomic mass is 16.4. The third-order valence-electron chi connectivity index (χ3n) is 2.70. The molecule has 0 aliphatic heterocycles. The molecule has 5 heteroatoms. The first-order chi connectivity index (χ1) is 7.88. The second kappa shape index (κ2) is 5.84. The van der Waals surface area contributed by atoms with Gasteiger partial charge < -0.3 is 15.1 Å². The van der Waals surface area contributed by atoms with Crippen molar-refractivity contribution in [3.8, 4) is 0 Å². The van der Waals surface area contributed by atoms with Gasteiger partial charge in [-0.25, -0.2) is 0 Å². The van der Waals surface area contributed by atoms with E-state index in [1.165, 1.54) is 19.3 Å². The number of nitrogens with zero attached hydrogens (tertiary/aromatic N) is 2. The fourth-order valence-corrected chi connectivity index (χ4v) is 1.56. The van der Waals surface area contributed by atoms with E-state index in [-0.39, 0.29) is 0 Å². The van der Waals surface area contributed by atoms with Crippen LogP contribution in [0.15, 0.2) is 4.42 Å². The van der Waals surface area contributed by atoms with Crippen molar-refractivity contribution in [1.82, 2.24) is 15.5 Å². The van der Waals surface area contributed by atoms with Crippen LogP contribution in [0.4, 0.5) is 6.01 Å². The van der Waals surface area contributed by atoms with Gasteiger partial charge in [0.05, 0.1) is 6.54 Å². The first kappa shape index (κ1) is 11.4. The van der Waals surface area contributed by atoms with Crippen molar-refractivity contribution >= 4 is 6.01 Å².